The minimum Gasteiger partial charge on any atom is -0.387 e. The molecule has 0 aliphatic rings. The summed E-state index contributed by atoms with van der Waals surface area (Å²) in [5, 5.41) is 0. The van der Waals surface area contributed by atoms with E-state index in [0.29, 0.717) is 0 Å². The van der Waals surface area contributed by atoms with Crippen molar-refractivity contribution in [3.63, 3.8) is 0 Å². The maximum absolute atomic E-state index is 5.67. The number of amidine groups is 1. The highest BCUT2D eigenvalue weighted by molar-refractivity contribution is 5.79. The van der Waals surface area contributed by atoms with Crippen molar-refractivity contribution < 1.29 is 0 Å². The van der Waals surface area contributed by atoms with Crippen molar-refractivity contribution in [3.05, 3.63) is 12.2 Å². The molecule has 0 amide bonds. The number of hydrogen-bond acceptors (Lipinski definition) is 1. The number of nitrogens with two attached hydrogens (primary N) is 1. The molecule has 0 aliphatic heterocycles. The predicted octanol–water partition coefficient (Wildman–Crippen LogP) is 6.01. The molecule has 0 aromatic heterocycles. The van der Waals surface area contributed by atoms with Crippen LogP contribution in [0.5, 0.6) is 0 Å². The van der Waals surface area contributed by atoms with E-state index in [9.17, 15) is 0 Å². The minimum atomic E-state index is 0.799. The molecule has 2 N–H and O–H groups in total. The third-order valence-corrected chi connectivity index (χ3v) is 3.98. The quantitative estimate of drug-likeness (QED) is 0.171. The van der Waals surface area contributed by atoms with Gasteiger partial charge in [-0.1, -0.05) is 70.4 Å². The van der Waals surface area contributed by atoms with Gasteiger partial charge in [-0.3, -0.25) is 4.99 Å². The summed E-state index contributed by atoms with van der Waals surface area (Å²) in [5.41, 5.74) is 5.67. The van der Waals surface area contributed by atoms with Crippen LogP contribution < -0.4 is 5.73 Å². The summed E-state index contributed by atoms with van der Waals surface area (Å²) in [6.07, 6.45) is 23.2. The molecule has 21 heavy (non-hydrogen) atoms. The molecule has 0 atom stereocenters. The molecular formula is C19H38N2. The summed E-state index contributed by atoms with van der Waals surface area (Å²) in [6.45, 7) is 2.28. The predicted molar refractivity (Wildman–Crippen MR) is 97.0 cm³/mol. The number of nitrogens with zero attached hydrogens (tertiary/aromatic N) is 1. The van der Waals surface area contributed by atoms with Crippen molar-refractivity contribution >= 4 is 5.84 Å². The zero-order valence-corrected chi connectivity index (χ0v) is 14.6. The first-order valence-electron chi connectivity index (χ1n) is 9.17. The van der Waals surface area contributed by atoms with Gasteiger partial charge in [0.2, 0.25) is 0 Å². The molecule has 2 heteroatoms. The molecule has 0 bridgehead atoms. The molecule has 0 spiro atoms. The Kier molecular flexibility index (Phi) is 16.6. The van der Waals surface area contributed by atoms with Crippen molar-refractivity contribution in [1.82, 2.24) is 0 Å². The molecule has 0 saturated heterocycles. The summed E-state index contributed by atoms with van der Waals surface area (Å²) < 4.78 is 0. The Labute approximate surface area is 133 Å². The monoisotopic (exact) mass is 294 g/mol. The van der Waals surface area contributed by atoms with Gasteiger partial charge in [0.25, 0.3) is 0 Å². The van der Waals surface area contributed by atoms with E-state index in [1.54, 1.807) is 7.05 Å². The molecule has 0 unspecified atom stereocenters. The van der Waals surface area contributed by atoms with Crippen LogP contribution in [-0.2, 0) is 0 Å². The lowest BCUT2D eigenvalue weighted by atomic mass is 10.1. The molecule has 0 heterocycles. The summed E-state index contributed by atoms with van der Waals surface area (Å²) in [6, 6.07) is 0. The Hall–Kier alpha value is -0.790. The Morgan fingerprint density at radius 2 is 1.24 bits per heavy atom. The van der Waals surface area contributed by atoms with Gasteiger partial charge in [-0.05, 0) is 32.1 Å². The van der Waals surface area contributed by atoms with Gasteiger partial charge in [-0.15, -0.1) is 0 Å². The number of hydrogen-bond donors (Lipinski definition) is 1. The van der Waals surface area contributed by atoms with Gasteiger partial charge < -0.3 is 5.73 Å². The van der Waals surface area contributed by atoms with Crippen LogP contribution in [0.3, 0.4) is 0 Å². The van der Waals surface area contributed by atoms with Crippen LogP contribution >= 0.6 is 0 Å². The minimum absolute atomic E-state index is 0.799. The fourth-order valence-electron chi connectivity index (χ4n) is 2.49. The van der Waals surface area contributed by atoms with Gasteiger partial charge in [0.1, 0.15) is 0 Å². The molecule has 2 nitrogen and oxygen atoms in total. The SMILES string of the molecule is CCCCCCCC/C=C\CCCCCCCC(N)=NC. The maximum Gasteiger partial charge on any atom is 0.0933 e. The number of rotatable bonds is 15. The summed E-state index contributed by atoms with van der Waals surface area (Å²) in [5.74, 6) is 0.799. The van der Waals surface area contributed by atoms with E-state index in [4.69, 9.17) is 5.73 Å². The lowest BCUT2D eigenvalue weighted by molar-refractivity contribution is 0.609. The van der Waals surface area contributed by atoms with Gasteiger partial charge in [-0.2, -0.15) is 0 Å². The first kappa shape index (κ1) is 20.2. The number of allylic oxidation sites excluding steroid dienone is 2. The van der Waals surface area contributed by atoms with E-state index in [1.807, 2.05) is 0 Å². The molecule has 0 saturated carbocycles. The Balaban J connectivity index is 3.12. The standard InChI is InChI=1S/C19H38N2/c1-3-4-5-6-7-8-9-10-11-12-13-14-15-16-17-18-19(20)21-2/h10-11H,3-9,12-18H2,1-2H3,(H2,20,21)/b11-10-. The molecule has 124 valence electrons. The van der Waals surface area contributed by atoms with Crippen LogP contribution in [0.2, 0.25) is 0 Å². The number of aliphatic imine (C=N–C) groups is 1. The van der Waals surface area contributed by atoms with Crippen LogP contribution in [0.4, 0.5) is 0 Å². The van der Waals surface area contributed by atoms with Crippen molar-refractivity contribution in [2.45, 2.75) is 96.8 Å². The van der Waals surface area contributed by atoms with Crippen molar-refractivity contribution in [2.24, 2.45) is 10.7 Å². The van der Waals surface area contributed by atoms with E-state index in [-0.39, 0.29) is 0 Å². The van der Waals surface area contributed by atoms with Gasteiger partial charge in [0, 0.05) is 13.5 Å². The zero-order valence-electron chi connectivity index (χ0n) is 14.6. The number of unbranched alkanes of at least 4 members (excludes halogenated alkanes) is 11. The highest BCUT2D eigenvalue weighted by Gasteiger charge is 1.93. The zero-order chi connectivity index (χ0) is 15.6. The van der Waals surface area contributed by atoms with Crippen LogP contribution in [0.15, 0.2) is 17.1 Å². The third kappa shape index (κ3) is 17.2. The van der Waals surface area contributed by atoms with Crippen molar-refractivity contribution in [1.29, 1.82) is 0 Å². The fraction of sp³-hybridized carbons (Fsp3) is 0.842. The maximum atomic E-state index is 5.67. The second kappa shape index (κ2) is 17.3. The first-order valence-corrected chi connectivity index (χ1v) is 9.17. The van der Waals surface area contributed by atoms with Gasteiger partial charge in [-0.25, -0.2) is 0 Å². The first-order chi connectivity index (χ1) is 10.3. The molecular weight excluding hydrogens is 256 g/mol. The third-order valence-electron chi connectivity index (χ3n) is 3.98. The molecule has 0 rings (SSSR count). The highest BCUT2D eigenvalue weighted by atomic mass is 14.8. The topological polar surface area (TPSA) is 38.4 Å². The molecule has 0 fully saturated rings. The summed E-state index contributed by atoms with van der Waals surface area (Å²) >= 11 is 0. The summed E-state index contributed by atoms with van der Waals surface area (Å²) in [7, 11) is 1.77. The molecule has 0 radical (unpaired) electrons. The fourth-order valence-corrected chi connectivity index (χ4v) is 2.49. The summed E-state index contributed by atoms with van der Waals surface area (Å²) in [4.78, 5) is 3.98. The van der Waals surface area contributed by atoms with Crippen LogP contribution in [0, 0.1) is 0 Å². The van der Waals surface area contributed by atoms with Crippen LogP contribution in [-0.4, -0.2) is 12.9 Å². The second-order valence-corrected chi connectivity index (χ2v) is 6.05. The second-order valence-electron chi connectivity index (χ2n) is 6.05. The van der Waals surface area contributed by atoms with Crippen LogP contribution in [0.25, 0.3) is 0 Å². The van der Waals surface area contributed by atoms with Gasteiger partial charge in [0.15, 0.2) is 0 Å². The largest absolute Gasteiger partial charge is 0.387 e. The van der Waals surface area contributed by atoms with Crippen LogP contribution in [0.1, 0.15) is 96.8 Å². The van der Waals surface area contributed by atoms with E-state index in [1.165, 1.54) is 83.5 Å². The van der Waals surface area contributed by atoms with Gasteiger partial charge >= 0.3 is 0 Å². The molecule has 0 aromatic carbocycles. The Morgan fingerprint density at radius 3 is 1.76 bits per heavy atom. The normalized spacial score (nSPS) is 12.4. The van der Waals surface area contributed by atoms with Gasteiger partial charge in [0.05, 0.1) is 5.84 Å². The van der Waals surface area contributed by atoms with Crippen molar-refractivity contribution in [2.75, 3.05) is 7.05 Å². The van der Waals surface area contributed by atoms with Crippen molar-refractivity contribution in [3.8, 4) is 0 Å². The van der Waals surface area contributed by atoms with E-state index in [0.717, 1.165) is 12.3 Å². The lowest BCUT2D eigenvalue weighted by Gasteiger charge is -2.00. The average molecular weight is 295 g/mol. The Morgan fingerprint density at radius 1 is 0.762 bits per heavy atom. The highest BCUT2D eigenvalue weighted by Crippen LogP contribution is 2.09. The Bertz CT molecular complexity index is 256. The molecule has 0 aromatic rings. The van der Waals surface area contributed by atoms with E-state index >= 15 is 0 Å². The average Bonchev–Trinajstić information content (AvgIpc) is 2.50. The lowest BCUT2D eigenvalue weighted by Crippen LogP contribution is -2.10. The smallest absolute Gasteiger partial charge is 0.0933 e. The molecule has 0 aliphatic carbocycles. The van der Waals surface area contributed by atoms with E-state index in [2.05, 4.69) is 24.1 Å². The van der Waals surface area contributed by atoms with E-state index < -0.39 is 0 Å².